The number of nitrogen functional groups attached to an aromatic ring is 1. The third-order valence-corrected chi connectivity index (χ3v) is 5.31. The smallest absolute Gasteiger partial charge is 0.330 e. The van der Waals surface area contributed by atoms with Crippen molar-refractivity contribution in [2.75, 3.05) is 44.0 Å². The predicted molar refractivity (Wildman–Crippen MR) is 127 cm³/mol. The van der Waals surface area contributed by atoms with Gasteiger partial charge in [-0.2, -0.15) is 0 Å². The number of likely N-dealkylation sites (N-methyl/N-ethyl adjacent to an activating group) is 1. The molecule has 1 amide bonds. The van der Waals surface area contributed by atoms with E-state index in [9.17, 15) is 14.4 Å². The third kappa shape index (κ3) is 6.30. The third-order valence-electron chi connectivity index (χ3n) is 5.31. The maximum atomic E-state index is 13.3. The van der Waals surface area contributed by atoms with Crippen LogP contribution in [0.1, 0.15) is 31.9 Å². The van der Waals surface area contributed by atoms with E-state index in [-0.39, 0.29) is 43.0 Å². The molecule has 0 spiro atoms. The van der Waals surface area contributed by atoms with Crippen LogP contribution >= 0.6 is 0 Å². The summed E-state index contributed by atoms with van der Waals surface area (Å²) >= 11 is 0. The van der Waals surface area contributed by atoms with Gasteiger partial charge in [0, 0.05) is 26.7 Å². The van der Waals surface area contributed by atoms with Gasteiger partial charge in [-0.05, 0) is 30.5 Å². The minimum atomic E-state index is -0.682. The van der Waals surface area contributed by atoms with Gasteiger partial charge in [0.15, 0.2) is 5.69 Å². The van der Waals surface area contributed by atoms with Crippen molar-refractivity contribution in [3.05, 3.63) is 56.2 Å². The number of aromatic amines is 1. The SMILES string of the molecule is CCN(CC(=O)N(CCOC)c1c(N)n(CC(C)C)c(=O)[nH]c1=O)Cc1ccccc1C. The molecule has 0 unspecified atom stereocenters. The molecule has 1 aromatic heterocycles. The molecule has 0 aliphatic rings. The number of methoxy groups -OCH3 is 1. The van der Waals surface area contributed by atoms with Crippen molar-refractivity contribution in [2.45, 2.75) is 40.8 Å². The summed E-state index contributed by atoms with van der Waals surface area (Å²) in [6.07, 6.45) is 0. The Balaban J connectivity index is 2.38. The van der Waals surface area contributed by atoms with Gasteiger partial charge in [-0.15, -0.1) is 0 Å². The van der Waals surface area contributed by atoms with Crippen molar-refractivity contribution in [3.63, 3.8) is 0 Å². The van der Waals surface area contributed by atoms with Crippen LogP contribution in [0.2, 0.25) is 0 Å². The van der Waals surface area contributed by atoms with Crippen LogP contribution in [-0.2, 0) is 22.6 Å². The van der Waals surface area contributed by atoms with Crippen molar-refractivity contribution in [2.24, 2.45) is 5.92 Å². The summed E-state index contributed by atoms with van der Waals surface area (Å²) in [5.41, 5.74) is 7.25. The highest BCUT2D eigenvalue weighted by Gasteiger charge is 2.25. The highest BCUT2D eigenvalue weighted by atomic mass is 16.5. The second kappa shape index (κ2) is 11.6. The number of nitrogens with zero attached hydrogens (tertiary/aromatic N) is 3. The lowest BCUT2D eigenvalue weighted by atomic mass is 10.1. The second-order valence-corrected chi connectivity index (χ2v) is 8.27. The van der Waals surface area contributed by atoms with Crippen LogP contribution in [0.15, 0.2) is 33.9 Å². The molecule has 1 aromatic carbocycles. The van der Waals surface area contributed by atoms with Gasteiger partial charge in [-0.3, -0.25) is 24.0 Å². The lowest BCUT2D eigenvalue weighted by Crippen LogP contribution is -2.46. The van der Waals surface area contributed by atoms with E-state index in [4.69, 9.17) is 10.5 Å². The van der Waals surface area contributed by atoms with E-state index in [1.807, 2.05) is 56.9 Å². The zero-order valence-corrected chi connectivity index (χ0v) is 19.7. The molecule has 32 heavy (non-hydrogen) atoms. The van der Waals surface area contributed by atoms with E-state index < -0.39 is 11.2 Å². The number of carbonyl (C=O) groups excluding carboxylic acids is 1. The molecule has 0 saturated heterocycles. The molecule has 176 valence electrons. The van der Waals surface area contributed by atoms with Crippen LogP contribution in [0.25, 0.3) is 0 Å². The van der Waals surface area contributed by atoms with E-state index in [2.05, 4.69) is 4.98 Å². The molecule has 2 rings (SSSR count). The maximum Gasteiger partial charge on any atom is 0.330 e. The minimum Gasteiger partial charge on any atom is -0.383 e. The van der Waals surface area contributed by atoms with E-state index in [1.54, 1.807) is 0 Å². The molecule has 0 aliphatic carbocycles. The number of nitrogens with two attached hydrogens (primary N) is 1. The van der Waals surface area contributed by atoms with Crippen molar-refractivity contribution < 1.29 is 9.53 Å². The first-order valence-corrected chi connectivity index (χ1v) is 10.9. The monoisotopic (exact) mass is 445 g/mol. The first-order chi connectivity index (χ1) is 15.2. The summed E-state index contributed by atoms with van der Waals surface area (Å²) in [6.45, 7) is 9.93. The van der Waals surface area contributed by atoms with Crippen LogP contribution in [0.4, 0.5) is 11.5 Å². The molecule has 1 heterocycles. The summed E-state index contributed by atoms with van der Waals surface area (Å²) in [7, 11) is 1.52. The maximum absolute atomic E-state index is 13.3. The molecular weight excluding hydrogens is 410 g/mol. The summed E-state index contributed by atoms with van der Waals surface area (Å²) in [4.78, 5) is 44.0. The Hall–Kier alpha value is -2.91. The molecule has 9 nitrogen and oxygen atoms in total. The molecular formula is C23H35N5O4. The van der Waals surface area contributed by atoms with Crippen LogP contribution in [0, 0.1) is 12.8 Å². The van der Waals surface area contributed by atoms with Crippen LogP contribution in [0.3, 0.4) is 0 Å². The highest BCUT2D eigenvalue weighted by Crippen LogP contribution is 2.19. The number of aryl methyl sites for hydroxylation is 1. The van der Waals surface area contributed by atoms with E-state index in [0.717, 1.165) is 11.1 Å². The van der Waals surface area contributed by atoms with Crippen molar-refractivity contribution in [1.82, 2.24) is 14.5 Å². The first-order valence-electron chi connectivity index (χ1n) is 10.9. The fourth-order valence-electron chi connectivity index (χ4n) is 3.51. The standard InChI is InChI=1S/C23H35N5O4/c1-6-26(14-18-10-8-7-9-17(18)4)15-19(29)27(11-12-32-5)20-21(24)28(13-16(2)3)23(31)25-22(20)30/h7-10,16H,6,11-15,24H2,1-5H3,(H,25,30,31). The topological polar surface area (TPSA) is 114 Å². The minimum absolute atomic E-state index is 0.0146. The quantitative estimate of drug-likeness (QED) is 0.543. The van der Waals surface area contributed by atoms with Crippen molar-refractivity contribution in [3.8, 4) is 0 Å². The van der Waals surface area contributed by atoms with Gasteiger partial charge in [0.25, 0.3) is 5.56 Å². The number of anilines is 2. The lowest BCUT2D eigenvalue weighted by molar-refractivity contribution is -0.120. The summed E-state index contributed by atoms with van der Waals surface area (Å²) in [6, 6.07) is 8.03. The fourth-order valence-corrected chi connectivity index (χ4v) is 3.51. The average Bonchev–Trinajstić information content (AvgIpc) is 2.74. The molecule has 9 heteroatoms. The molecule has 0 bridgehead atoms. The van der Waals surface area contributed by atoms with Crippen LogP contribution in [-0.4, -0.2) is 53.7 Å². The van der Waals surface area contributed by atoms with Crippen molar-refractivity contribution in [1.29, 1.82) is 0 Å². The molecule has 0 radical (unpaired) electrons. The number of aromatic nitrogens is 2. The van der Waals surface area contributed by atoms with Gasteiger partial charge in [0.05, 0.1) is 13.2 Å². The molecule has 0 aliphatic heterocycles. The predicted octanol–water partition coefficient (Wildman–Crippen LogP) is 1.58. The zero-order chi connectivity index (χ0) is 23.8. The summed E-state index contributed by atoms with van der Waals surface area (Å²) in [5.74, 6) is -0.176. The Morgan fingerprint density at radius 1 is 1.25 bits per heavy atom. The molecule has 0 saturated carbocycles. The number of amides is 1. The van der Waals surface area contributed by atoms with E-state index >= 15 is 0 Å². The number of carbonyl (C=O) groups is 1. The molecule has 0 atom stereocenters. The van der Waals surface area contributed by atoms with Gasteiger partial charge in [-0.1, -0.05) is 45.0 Å². The van der Waals surface area contributed by atoms with Crippen LogP contribution in [0.5, 0.6) is 0 Å². The highest BCUT2D eigenvalue weighted by molar-refractivity contribution is 5.96. The molecule has 3 N–H and O–H groups in total. The van der Waals surface area contributed by atoms with Crippen molar-refractivity contribution >= 4 is 17.4 Å². The number of rotatable bonds is 11. The number of hydrogen-bond donors (Lipinski definition) is 2. The summed E-state index contributed by atoms with van der Waals surface area (Å²) < 4.78 is 6.46. The van der Waals surface area contributed by atoms with Crippen LogP contribution < -0.4 is 21.9 Å². The summed E-state index contributed by atoms with van der Waals surface area (Å²) in [5, 5.41) is 0. The van der Waals surface area contributed by atoms with Gasteiger partial charge < -0.3 is 15.4 Å². The number of nitrogens with one attached hydrogen (secondary N) is 1. The normalized spacial score (nSPS) is 11.3. The Bertz CT molecular complexity index is 1030. The first kappa shape index (κ1) is 25.4. The number of benzene rings is 1. The largest absolute Gasteiger partial charge is 0.383 e. The second-order valence-electron chi connectivity index (χ2n) is 8.27. The Labute approximate surface area is 188 Å². The zero-order valence-electron chi connectivity index (χ0n) is 19.7. The number of hydrogen-bond acceptors (Lipinski definition) is 6. The molecule has 2 aromatic rings. The Morgan fingerprint density at radius 3 is 2.53 bits per heavy atom. The number of ether oxygens (including phenoxy) is 1. The molecule has 0 fully saturated rings. The van der Waals surface area contributed by atoms with Gasteiger partial charge in [-0.25, -0.2) is 4.79 Å². The Kier molecular flexibility index (Phi) is 9.22. The van der Waals surface area contributed by atoms with E-state index in [0.29, 0.717) is 19.6 Å². The number of H-pyrrole nitrogens is 1. The average molecular weight is 446 g/mol. The van der Waals surface area contributed by atoms with Gasteiger partial charge >= 0.3 is 5.69 Å². The van der Waals surface area contributed by atoms with E-state index in [1.165, 1.54) is 16.6 Å². The fraction of sp³-hybridized carbons (Fsp3) is 0.522. The lowest BCUT2D eigenvalue weighted by Gasteiger charge is -2.28. The van der Waals surface area contributed by atoms with Gasteiger partial charge in [0.2, 0.25) is 5.91 Å². The van der Waals surface area contributed by atoms with Gasteiger partial charge in [0.1, 0.15) is 5.82 Å². The Morgan fingerprint density at radius 2 is 1.94 bits per heavy atom.